The third kappa shape index (κ3) is 3.68. The van der Waals surface area contributed by atoms with E-state index in [1.165, 1.54) is 0 Å². The number of nitrogens with zero attached hydrogens (tertiary/aromatic N) is 2. The van der Waals surface area contributed by atoms with Gasteiger partial charge in [0.05, 0.1) is 12.1 Å². The molecule has 0 amide bonds. The van der Waals surface area contributed by atoms with Gasteiger partial charge in [0.15, 0.2) is 0 Å². The summed E-state index contributed by atoms with van der Waals surface area (Å²) in [6.45, 7) is 5.65. The van der Waals surface area contributed by atoms with Crippen molar-refractivity contribution in [1.29, 1.82) is 0 Å². The lowest BCUT2D eigenvalue weighted by atomic mass is 9.94. The summed E-state index contributed by atoms with van der Waals surface area (Å²) >= 11 is 0. The highest BCUT2D eigenvalue weighted by Crippen LogP contribution is 2.24. The molecule has 2 heterocycles. The van der Waals surface area contributed by atoms with Gasteiger partial charge < -0.3 is 14.5 Å². The zero-order valence-corrected chi connectivity index (χ0v) is 12.5. The molecule has 1 atom stereocenters. The zero-order valence-electron chi connectivity index (χ0n) is 12.5. The van der Waals surface area contributed by atoms with Crippen LogP contribution in [0.3, 0.4) is 0 Å². The number of hydrogen-bond donors (Lipinski definition) is 1. The fourth-order valence-corrected chi connectivity index (χ4v) is 2.66. The molecule has 2 aromatic rings. The first kappa shape index (κ1) is 14.2. The van der Waals surface area contributed by atoms with Gasteiger partial charge in [-0.15, -0.1) is 10.2 Å². The summed E-state index contributed by atoms with van der Waals surface area (Å²) in [4.78, 5) is 0. The van der Waals surface area contributed by atoms with Gasteiger partial charge in [0.25, 0.3) is 0 Å². The van der Waals surface area contributed by atoms with Crippen LogP contribution in [0.25, 0.3) is 11.5 Å². The maximum atomic E-state index is 5.72. The summed E-state index contributed by atoms with van der Waals surface area (Å²) < 4.78 is 11.4. The molecular weight excluding hydrogens is 266 g/mol. The predicted molar refractivity (Wildman–Crippen MR) is 79.6 cm³/mol. The van der Waals surface area contributed by atoms with E-state index in [1.807, 2.05) is 30.3 Å². The lowest BCUT2D eigenvalue weighted by Crippen LogP contribution is -2.43. The largest absolute Gasteiger partial charge is 0.419 e. The van der Waals surface area contributed by atoms with Crippen molar-refractivity contribution in [2.75, 3.05) is 6.61 Å². The van der Waals surface area contributed by atoms with Crippen LogP contribution in [-0.2, 0) is 11.3 Å². The van der Waals surface area contributed by atoms with E-state index in [0.717, 1.165) is 25.0 Å². The van der Waals surface area contributed by atoms with Crippen molar-refractivity contribution in [1.82, 2.24) is 15.5 Å². The fraction of sp³-hybridized carbons (Fsp3) is 0.500. The molecule has 1 aromatic carbocycles. The van der Waals surface area contributed by atoms with Gasteiger partial charge in [-0.2, -0.15) is 0 Å². The highest BCUT2D eigenvalue weighted by molar-refractivity contribution is 5.51. The summed E-state index contributed by atoms with van der Waals surface area (Å²) in [6, 6.07) is 10.2. The SMILES string of the molecule is CC1(C)CC(NCc2nnc(-c3ccccc3)o2)CCO1. The predicted octanol–water partition coefficient (Wildman–Crippen LogP) is 2.78. The van der Waals surface area contributed by atoms with Crippen molar-refractivity contribution in [3.05, 3.63) is 36.2 Å². The summed E-state index contributed by atoms with van der Waals surface area (Å²) in [5.41, 5.74) is 0.892. The molecule has 0 spiro atoms. The van der Waals surface area contributed by atoms with Gasteiger partial charge in [-0.3, -0.25) is 0 Å². The quantitative estimate of drug-likeness (QED) is 0.937. The molecule has 0 aliphatic carbocycles. The average molecular weight is 287 g/mol. The Hall–Kier alpha value is -1.72. The molecule has 0 bridgehead atoms. The Kier molecular flexibility index (Phi) is 4.03. The molecule has 1 aromatic heterocycles. The van der Waals surface area contributed by atoms with Crippen LogP contribution in [0.4, 0.5) is 0 Å². The topological polar surface area (TPSA) is 60.2 Å². The Morgan fingerprint density at radius 1 is 1.24 bits per heavy atom. The van der Waals surface area contributed by atoms with Gasteiger partial charge in [-0.1, -0.05) is 18.2 Å². The first-order valence-corrected chi connectivity index (χ1v) is 7.37. The molecule has 5 nitrogen and oxygen atoms in total. The van der Waals surface area contributed by atoms with E-state index in [0.29, 0.717) is 24.4 Å². The molecule has 5 heteroatoms. The smallest absolute Gasteiger partial charge is 0.247 e. The summed E-state index contributed by atoms with van der Waals surface area (Å²) in [5.74, 6) is 1.19. The number of hydrogen-bond acceptors (Lipinski definition) is 5. The van der Waals surface area contributed by atoms with Crippen LogP contribution in [0.15, 0.2) is 34.7 Å². The lowest BCUT2D eigenvalue weighted by Gasteiger charge is -2.35. The molecule has 3 rings (SSSR count). The maximum absolute atomic E-state index is 5.72. The standard InChI is InChI=1S/C16H21N3O2/c1-16(2)10-13(8-9-20-16)17-11-14-18-19-15(21-14)12-6-4-3-5-7-12/h3-7,13,17H,8-11H2,1-2H3. The second kappa shape index (κ2) is 5.95. The molecule has 112 valence electrons. The van der Waals surface area contributed by atoms with Gasteiger partial charge in [-0.25, -0.2) is 0 Å². The third-order valence-corrected chi connectivity index (χ3v) is 3.73. The number of rotatable bonds is 4. The van der Waals surface area contributed by atoms with Crippen LogP contribution in [0.1, 0.15) is 32.6 Å². The lowest BCUT2D eigenvalue weighted by molar-refractivity contribution is -0.0632. The number of benzene rings is 1. The minimum absolute atomic E-state index is 0.0556. The van der Waals surface area contributed by atoms with Crippen molar-refractivity contribution in [3.8, 4) is 11.5 Å². The second-order valence-corrected chi connectivity index (χ2v) is 6.05. The molecular formula is C16H21N3O2. The van der Waals surface area contributed by atoms with Crippen molar-refractivity contribution in [2.24, 2.45) is 0 Å². The first-order valence-electron chi connectivity index (χ1n) is 7.37. The third-order valence-electron chi connectivity index (χ3n) is 3.73. The maximum Gasteiger partial charge on any atom is 0.247 e. The Morgan fingerprint density at radius 2 is 2.05 bits per heavy atom. The van der Waals surface area contributed by atoms with Crippen LogP contribution in [-0.4, -0.2) is 28.4 Å². The molecule has 21 heavy (non-hydrogen) atoms. The van der Waals surface area contributed by atoms with E-state index in [2.05, 4.69) is 29.4 Å². The molecule has 1 N–H and O–H groups in total. The Balaban J connectivity index is 1.58. The minimum atomic E-state index is -0.0556. The number of ether oxygens (including phenoxy) is 1. The van der Waals surface area contributed by atoms with E-state index in [1.54, 1.807) is 0 Å². The van der Waals surface area contributed by atoms with Gasteiger partial charge in [0, 0.05) is 18.2 Å². The Labute approximate surface area is 124 Å². The van der Waals surface area contributed by atoms with Crippen molar-refractivity contribution >= 4 is 0 Å². The van der Waals surface area contributed by atoms with Crippen molar-refractivity contribution in [2.45, 2.75) is 44.9 Å². The van der Waals surface area contributed by atoms with E-state index in [-0.39, 0.29) is 5.60 Å². The van der Waals surface area contributed by atoms with Crippen LogP contribution >= 0.6 is 0 Å². The van der Waals surface area contributed by atoms with Crippen molar-refractivity contribution in [3.63, 3.8) is 0 Å². The summed E-state index contributed by atoms with van der Waals surface area (Å²) in [6.07, 6.45) is 2.01. The molecule has 0 saturated carbocycles. The normalized spacial score (nSPS) is 21.3. The van der Waals surface area contributed by atoms with Gasteiger partial charge in [-0.05, 0) is 38.8 Å². The Morgan fingerprint density at radius 3 is 2.81 bits per heavy atom. The van der Waals surface area contributed by atoms with E-state index in [4.69, 9.17) is 9.15 Å². The van der Waals surface area contributed by atoms with Crippen LogP contribution < -0.4 is 5.32 Å². The highest BCUT2D eigenvalue weighted by Gasteiger charge is 2.28. The molecule has 1 aliphatic heterocycles. The van der Waals surface area contributed by atoms with Crippen LogP contribution in [0, 0.1) is 0 Å². The molecule has 1 aliphatic rings. The number of nitrogens with one attached hydrogen (secondary N) is 1. The molecule has 1 saturated heterocycles. The highest BCUT2D eigenvalue weighted by atomic mass is 16.5. The monoisotopic (exact) mass is 287 g/mol. The van der Waals surface area contributed by atoms with Gasteiger partial charge >= 0.3 is 0 Å². The Bertz CT molecular complexity index is 580. The summed E-state index contributed by atoms with van der Waals surface area (Å²) in [7, 11) is 0. The minimum Gasteiger partial charge on any atom is -0.419 e. The molecule has 1 unspecified atom stereocenters. The second-order valence-electron chi connectivity index (χ2n) is 6.05. The van der Waals surface area contributed by atoms with E-state index < -0.39 is 0 Å². The summed E-state index contributed by atoms with van der Waals surface area (Å²) in [5, 5.41) is 11.7. The average Bonchev–Trinajstić information content (AvgIpc) is 2.94. The van der Waals surface area contributed by atoms with Gasteiger partial charge in [0.2, 0.25) is 11.8 Å². The van der Waals surface area contributed by atoms with Gasteiger partial charge in [0.1, 0.15) is 0 Å². The van der Waals surface area contributed by atoms with Crippen LogP contribution in [0.5, 0.6) is 0 Å². The van der Waals surface area contributed by atoms with E-state index in [9.17, 15) is 0 Å². The van der Waals surface area contributed by atoms with E-state index >= 15 is 0 Å². The zero-order chi connectivity index (χ0) is 14.7. The fourth-order valence-electron chi connectivity index (χ4n) is 2.66. The molecule has 0 radical (unpaired) electrons. The van der Waals surface area contributed by atoms with Crippen LogP contribution in [0.2, 0.25) is 0 Å². The van der Waals surface area contributed by atoms with Crippen molar-refractivity contribution < 1.29 is 9.15 Å². The molecule has 1 fully saturated rings. The number of aromatic nitrogens is 2. The first-order chi connectivity index (χ1) is 10.1.